The van der Waals surface area contributed by atoms with Crippen molar-refractivity contribution in [3.63, 3.8) is 0 Å². The molecular weight excluding hydrogens is 238 g/mol. The van der Waals surface area contributed by atoms with Gasteiger partial charge < -0.3 is 16.0 Å². The summed E-state index contributed by atoms with van der Waals surface area (Å²) >= 11 is 5.99. The Morgan fingerprint density at radius 1 is 1.53 bits per heavy atom. The van der Waals surface area contributed by atoms with Gasteiger partial charge in [0.25, 0.3) is 0 Å². The molecule has 1 aromatic rings. The fraction of sp³-hybridized carbons (Fsp3) is 0.417. The summed E-state index contributed by atoms with van der Waals surface area (Å²) in [5.74, 6) is 0. The number of benzene rings is 1. The first-order chi connectivity index (χ1) is 8.15. The second kappa shape index (κ2) is 5.38. The molecule has 0 radical (unpaired) electrons. The van der Waals surface area contributed by atoms with Crippen LogP contribution in [0.25, 0.3) is 0 Å². The van der Waals surface area contributed by atoms with Crippen LogP contribution in [0.3, 0.4) is 0 Å². The van der Waals surface area contributed by atoms with Crippen molar-refractivity contribution < 1.29 is 4.79 Å². The molecule has 3 N–H and O–H groups in total. The van der Waals surface area contributed by atoms with Crippen molar-refractivity contribution >= 4 is 23.3 Å². The predicted molar refractivity (Wildman–Crippen MR) is 69.6 cm³/mol. The third-order valence-corrected chi connectivity index (χ3v) is 3.23. The summed E-state index contributed by atoms with van der Waals surface area (Å²) in [5, 5.41) is 9.53. The van der Waals surface area contributed by atoms with E-state index in [1.165, 1.54) is 0 Å². The number of urea groups is 1. The van der Waals surface area contributed by atoms with E-state index in [-0.39, 0.29) is 12.1 Å². The van der Waals surface area contributed by atoms with Crippen molar-refractivity contribution in [1.82, 2.24) is 10.6 Å². The molecule has 0 saturated carbocycles. The van der Waals surface area contributed by atoms with Gasteiger partial charge in [0.1, 0.15) is 0 Å². The van der Waals surface area contributed by atoms with E-state index < -0.39 is 0 Å². The molecule has 0 aliphatic carbocycles. The zero-order valence-electron chi connectivity index (χ0n) is 9.72. The molecule has 1 aliphatic heterocycles. The lowest BCUT2D eigenvalue weighted by Crippen LogP contribution is -2.39. The van der Waals surface area contributed by atoms with Gasteiger partial charge in [-0.3, -0.25) is 0 Å². The van der Waals surface area contributed by atoms with Gasteiger partial charge in [-0.15, -0.1) is 0 Å². The largest absolute Gasteiger partial charge is 0.334 e. The molecule has 1 fully saturated rings. The second-order valence-electron chi connectivity index (χ2n) is 4.25. The Morgan fingerprint density at radius 2 is 2.35 bits per heavy atom. The Hall–Kier alpha value is -1.26. The molecular formula is C12H16ClN3O. The van der Waals surface area contributed by atoms with Crippen molar-refractivity contribution in [2.75, 3.05) is 18.4 Å². The van der Waals surface area contributed by atoms with Crippen LogP contribution in [-0.2, 0) is 0 Å². The summed E-state index contributed by atoms with van der Waals surface area (Å²) in [5.41, 5.74) is 1.71. The molecule has 0 bridgehead atoms. The highest BCUT2D eigenvalue weighted by atomic mass is 35.5. The number of aryl methyl sites for hydroxylation is 1. The molecule has 92 valence electrons. The van der Waals surface area contributed by atoms with E-state index in [9.17, 15) is 4.79 Å². The SMILES string of the molecule is Cc1ccc(NC(=O)N[C@@H]2CCNC2)cc1Cl. The van der Waals surface area contributed by atoms with Crippen LogP contribution < -0.4 is 16.0 Å². The van der Waals surface area contributed by atoms with Gasteiger partial charge >= 0.3 is 6.03 Å². The van der Waals surface area contributed by atoms with Crippen molar-refractivity contribution in [2.24, 2.45) is 0 Å². The Bertz CT molecular complexity index is 416. The molecule has 1 saturated heterocycles. The van der Waals surface area contributed by atoms with Crippen LogP contribution in [0.2, 0.25) is 5.02 Å². The zero-order chi connectivity index (χ0) is 12.3. The summed E-state index contributed by atoms with van der Waals surface area (Å²) in [6.45, 7) is 3.72. The molecule has 0 spiro atoms. The standard InChI is InChI=1S/C12H16ClN3O/c1-8-2-3-9(6-11(8)13)15-12(17)16-10-4-5-14-7-10/h2-3,6,10,14H,4-5,7H2,1H3,(H2,15,16,17)/t10-/m1/s1. The molecule has 4 nitrogen and oxygen atoms in total. The number of amides is 2. The summed E-state index contributed by atoms with van der Waals surface area (Å²) in [4.78, 5) is 11.7. The van der Waals surface area contributed by atoms with E-state index in [1.54, 1.807) is 6.07 Å². The van der Waals surface area contributed by atoms with E-state index in [0.29, 0.717) is 10.7 Å². The van der Waals surface area contributed by atoms with Gasteiger partial charge in [0.15, 0.2) is 0 Å². The topological polar surface area (TPSA) is 53.2 Å². The number of rotatable bonds is 2. The van der Waals surface area contributed by atoms with Crippen LogP contribution in [-0.4, -0.2) is 25.2 Å². The van der Waals surface area contributed by atoms with Crippen LogP contribution in [0.5, 0.6) is 0 Å². The number of nitrogens with one attached hydrogen (secondary N) is 3. The number of anilines is 1. The van der Waals surface area contributed by atoms with Crippen LogP contribution in [0.4, 0.5) is 10.5 Å². The molecule has 1 atom stereocenters. The molecule has 2 amide bonds. The lowest BCUT2D eigenvalue weighted by Gasteiger charge is -2.12. The first-order valence-electron chi connectivity index (χ1n) is 5.69. The Kier molecular flexibility index (Phi) is 3.86. The second-order valence-corrected chi connectivity index (χ2v) is 4.66. The van der Waals surface area contributed by atoms with Gasteiger partial charge in [0, 0.05) is 23.3 Å². The van der Waals surface area contributed by atoms with Gasteiger partial charge in [0.2, 0.25) is 0 Å². The van der Waals surface area contributed by atoms with Gasteiger partial charge in [-0.1, -0.05) is 17.7 Å². The normalized spacial score (nSPS) is 19.1. The van der Waals surface area contributed by atoms with E-state index in [2.05, 4.69) is 16.0 Å². The smallest absolute Gasteiger partial charge is 0.319 e. The highest BCUT2D eigenvalue weighted by molar-refractivity contribution is 6.31. The number of hydrogen-bond acceptors (Lipinski definition) is 2. The van der Waals surface area contributed by atoms with Crippen molar-refractivity contribution in [2.45, 2.75) is 19.4 Å². The van der Waals surface area contributed by atoms with Crippen LogP contribution in [0.1, 0.15) is 12.0 Å². The van der Waals surface area contributed by atoms with E-state index in [4.69, 9.17) is 11.6 Å². The number of carbonyl (C=O) groups is 1. The van der Waals surface area contributed by atoms with Crippen molar-refractivity contribution in [3.05, 3.63) is 28.8 Å². The number of carbonyl (C=O) groups excluding carboxylic acids is 1. The molecule has 1 heterocycles. The fourth-order valence-electron chi connectivity index (χ4n) is 1.80. The van der Waals surface area contributed by atoms with E-state index in [1.807, 2.05) is 19.1 Å². The Labute approximate surface area is 106 Å². The Morgan fingerprint density at radius 3 is 3.00 bits per heavy atom. The molecule has 5 heteroatoms. The van der Waals surface area contributed by atoms with Crippen LogP contribution >= 0.6 is 11.6 Å². The summed E-state index contributed by atoms with van der Waals surface area (Å²) in [7, 11) is 0. The molecule has 0 unspecified atom stereocenters. The molecule has 0 aromatic heterocycles. The van der Waals surface area contributed by atoms with E-state index in [0.717, 1.165) is 25.1 Å². The lowest BCUT2D eigenvalue weighted by atomic mass is 10.2. The maximum Gasteiger partial charge on any atom is 0.319 e. The maximum absolute atomic E-state index is 11.7. The summed E-state index contributed by atoms with van der Waals surface area (Å²) in [6.07, 6.45) is 0.974. The quantitative estimate of drug-likeness (QED) is 0.756. The first kappa shape index (κ1) is 12.2. The lowest BCUT2D eigenvalue weighted by molar-refractivity contribution is 0.249. The van der Waals surface area contributed by atoms with Gasteiger partial charge in [-0.25, -0.2) is 4.79 Å². The van der Waals surface area contributed by atoms with Crippen LogP contribution in [0.15, 0.2) is 18.2 Å². The minimum Gasteiger partial charge on any atom is -0.334 e. The maximum atomic E-state index is 11.7. The Balaban J connectivity index is 1.90. The fourth-order valence-corrected chi connectivity index (χ4v) is 1.98. The summed E-state index contributed by atoms with van der Waals surface area (Å²) in [6, 6.07) is 5.51. The van der Waals surface area contributed by atoms with Gasteiger partial charge in [0.05, 0.1) is 0 Å². The molecule has 1 aromatic carbocycles. The van der Waals surface area contributed by atoms with E-state index >= 15 is 0 Å². The van der Waals surface area contributed by atoms with Gasteiger partial charge in [-0.2, -0.15) is 0 Å². The highest BCUT2D eigenvalue weighted by Gasteiger charge is 2.16. The average molecular weight is 254 g/mol. The minimum absolute atomic E-state index is 0.182. The molecule has 2 rings (SSSR count). The van der Waals surface area contributed by atoms with Crippen LogP contribution in [0, 0.1) is 6.92 Å². The molecule has 1 aliphatic rings. The highest BCUT2D eigenvalue weighted by Crippen LogP contribution is 2.19. The van der Waals surface area contributed by atoms with Gasteiger partial charge in [-0.05, 0) is 37.6 Å². The average Bonchev–Trinajstić information content (AvgIpc) is 2.76. The third-order valence-electron chi connectivity index (χ3n) is 2.83. The summed E-state index contributed by atoms with van der Waals surface area (Å²) < 4.78 is 0. The predicted octanol–water partition coefficient (Wildman–Crippen LogP) is 2.13. The third kappa shape index (κ3) is 3.35. The number of halogens is 1. The minimum atomic E-state index is -0.182. The zero-order valence-corrected chi connectivity index (χ0v) is 10.5. The number of hydrogen-bond donors (Lipinski definition) is 3. The van der Waals surface area contributed by atoms with Crippen molar-refractivity contribution in [3.8, 4) is 0 Å². The van der Waals surface area contributed by atoms with Crippen molar-refractivity contribution in [1.29, 1.82) is 0 Å². The monoisotopic (exact) mass is 253 g/mol. The molecule has 17 heavy (non-hydrogen) atoms. The first-order valence-corrected chi connectivity index (χ1v) is 6.07.